The van der Waals surface area contributed by atoms with E-state index in [0.29, 0.717) is 29.1 Å². The fraction of sp³-hybridized carbons (Fsp3) is 0.167. The average Bonchev–Trinajstić information content (AvgIpc) is 2.38. The number of aromatic nitrogens is 2. The van der Waals surface area contributed by atoms with Crippen molar-refractivity contribution in [1.82, 2.24) is 9.97 Å². The van der Waals surface area contributed by atoms with Gasteiger partial charge >= 0.3 is 0 Å². The molecule has 0 spiro atoms. The van der Waals surface area contributed by atoms with Crippen LogP contribution in [0.2, 0.25) is 5.02 Å². The van der Waals surface area contributed by atoms with Crippen molar-refractivity contribution in [3.63, 3.8) is 0 Å². The Labute approximate surface area is 109 Å². The van der Waals surface area contributed by atoms with Crippen LogP contribution in [0.3, 0.4) is 0 Å². The first-order valence-electron chi connectivity index (χ1n) is 5.02. The second-order valence-corrected chi connectivity index (χ2v) is 4.04. The number of hydrogen-bond donors (Lipinski definition) is 0. The van der Waals surface area contributed by atoms with Crippen LogP contribution in [0.4, 0.5) is 0 Å². The van der Waals surface area contributed by atoms with Crippen LogP contribution in [0.5, 0.6) is 5.88 Å². The van der Waals surface area contributed by atoms with Crippen molar-refractivity contribution in [3.05, 3.63) is 52.9 Å². The van der Waals surface area contributed by atoms with Gasteiger partial charge < -0.3 is 4.74 Å². The van der Waals surface area contributed by atoms with Crippen molar-refractivity contribution in [2.75, 3.05) is 0 Å². The number of ether oxygens (including phenoxy) is 1. The molecule has 0 fully saturated rings. The molecule has 5 heteroatoms. The Morgan fingerprint density at radius 2 is 2.00 bits per heavy atom. The van der Waals surface area contributed by atoms with Gasteiger partial charge in [0.1, 0.15) is 6.61 Å². The number of benzene rings is 1. The minimum Gasteiger partial charge on any atom is -0.472 e. The highest BCUT2D eigenvalue weighted by molar-refractivity contribution is 6.31. The van der Waals surface area contributed by atoms with Crippen molar-refractivity contribution in [3.8, 4) is 5.88 Å². The summed E-state index contributed by atoms with van der Waals surface area (Å²) < 4.78 is 5.50. The third-order valence-corrected chi connectivity index (χ3v) is 2.78. The molecule has 1 aromatic heterocycles. The molecule has 0 N–H and O–H groups in total. The Morgan fingerprint density at radius 3 is 2.76 bits per heavy atom. The summed E-state index contributed by atoms with van der Waals surface area (Å²) in [5.74, 6) is 0.763. The lowest BCUT2D eigenvalue weighted by molar-refractivity contribution is 0.292. The highest BCUT2D eigenvalue weighted by Crippen LogP contribution is 2.17. The van der Waals surface area contributed by atoms with Gasteiger partial charge in [-0.25, -0.2) is 4.98 Å². The molecule has 0 saturated heterocycles. The van der Waals surface area contributed by atoms with Crippen LogP contribution in [0.15, 0.2) is 36.7 Å². The summed E-state index contributed by atoms with van der Waals surface area (Å²) in [5.41, 5.74) is 1.59. The van der Waals surface area contributed by atoms with Gasteiger partial charge in [0.15, 0.2) is 0 Å². The first-order valence-corrected chi connectivity index (χ1v) is 5.94. The third-order valence-electron chi connectivity index (χ3n) is 2.13. The molecule has 0 radical (unpaired) electrons. The van der Waals surface area contributed by atoms with E-state index < -0.39 is 0 Å². The highest BCUT2D eigenvalue weighted by Gasteiger charge is 2.02. The number of alkyl halides is 1. The molecule has 0 bridgehead atoms. The lowest BCUT2D eigenvalue weighted by Crippen LogP contribution is -1.99. The number of hydrogen-bond acceptors (Lipinski definition) is 3. The van der Waals surface area contributed by atoms with Gasteiger partial charge in [-0.05, 0) is 6.07 Å². The van der Waals surface area contributed by atoms with Crippen molar-refractivity contribution in [2.45, 2.75) is 12.5 Å². The fourth-order valence-corrected chi connectivity index (χ4v) is 1.61. The molecule has 0 saturated carbocycles. The molecule has 0 aliphatic rings. The second kappa shape index (κ2) is 5.84. The zero-order chi connectivity index (χ0) is 12.1. The van der Waals surface area contributed by atoms with Gasteiger partial charge in [0, 0.05) is 16.8 Å². The monoisotopic (exact) mass is 268 g/mol. The number of rotatable bonds is 4. The summed E-state index contributed by atoms with van der Waals surface area (Å²) in [6.45, 7) is 0.361. The molecular weight excluding hydrogens is 259 g/mol. The van der Waals surface area contributed by atoms with Gasteiger partial charge in [-0.1, -0.05) is 29.8 Å². The van der Waals surface area contributed by atoms with Gasteiger partial charge in [-0.2, -0.15) is 0 Å². The predicted molar refractivity (Wildman–Crippen MR) is 67.4 cm³/mol. The zero-order valence-corrected chi connectivity index (χ0v) is 10.4. The topological polar surface area (TPSA) is 35.0 Å². The van der Waals surface area contributed by atoms with Crippen LogP contribution >= 0.6 is 23.2 Å². The van der Waals surface area contributed by atoms with Gasteiger partial charge in [-0.3, -0.25) is 4.98 Å². The minimum absolute atomic E-state index is 0.316. The predicted octanol–water partition coefficient (Wildman–Crippen LogP) is 3.45. The first-order chi connectivity index (χ1) is 8.29. The molecule has 88 valence electrons. The SMILES string of the molecule is ClCc1cncc(OCc2ccccc2Cl)n1. The van der Waals surface area contributed by atoms with Crippen LogP contribution in [0.1, 0.15) is 11.3 Å². The zero-order valence-electron chi connectivity index (χ0n) is 8.94. The highest BCUT2D eigenvalue weighted by atomic mass is 35.5. The summed E-state index contributed by atoms with van der Waals surface area (Å²) in [7, 11) is 0. The molecule has 1 aromatic carbocycles. The average molecular weight is 269 g/mol. The van der Waals surface area contributed by atoms with Crippen LogP contribution in [-0.2, 0) is 12.5 Å². The molecule has 2 rings (SSSR count). The molecule has 17 heavy (non-hydrogen) atoms. The lowest BCUT2D eigenvalue weighted by Gasteiger charge is -2.06. The van der Waals surface area contributed by atoms with E-state index in [1.165, 1.54) is 0 Å². The minimum atomic E-state index is 0.316. The van der Waals surface area contributed by atoms with Crippen molar-refractivity contribution >= 4 is 23.2 Å². The Morgan fingerprint density at radius 1 is 1.18 bits per heavy atom. The summed E-state index contributed by atoms with van der Waals surface area (Å²) in [5, 5.41) is 0.675. The molecule has 0 atom stereocenters. The maximum Gasteiger partial charge on any atom is 0.232 e. The van der Waals surface area contributed by atoms with Gasteiger partial charge in [0.25, 0.3) is 0 Å². The Kier molecular flexibility index (Phi) is 4.18. The van der Waals surface area contributed by atoms with Crippen LogP contribution < -0.4 is 4.74 Å². The van der Waals surface area contributed by atoms with Gasteiger partial charge in [0.05, 0.1) is 17.8 Å². The van der Waals surface area contributed by atoms with Crippen molar-refractivity contribution < 1.29 is 4.74 Å². The largest absolute Gasteiger partial charge is 0.472 e. The fourth-order valence-electron chi connectivity index (χ4n) is 1.29. The van der Waals surface area contributed by atoms with E-state index in [4.69, 9.17) is 27.9 Å². The van der Waals surface area contributed by atoms with Gasteiger partial charge in [0.2, 0.25) is 5.88 Å². The summed E-state index contributed by atoms with van der Waals surface area (Å²) in [4.78, 5) is 8.16. The van der Waals surface area contributed by atoms with Gasteiger partial charge in [-0.15, -0.1) is 11.6 Å². The lowest BCUT2D eigenvalue weighted by atomic mass is 10.2. The molecule has 1 heterocycles. The molecule has 0 amide bonds. The van der Waals surface area contributed by atoms with E-state index in [0.717, 1.165) is 5.56 Å². The summed E-state index contributed by atoms with van der Waals surface area (Å²) in [6.07, 6.45) is 3.16. The Balaban J connectivity index is 2.05. The molecule has 3 nitrogen and oxygen atoms in total. The molecule has 0 aliphatic carbocycles. The van der Waals surface area contributed by atoms with Crippen LogP contribution in [0, 0.1) is 0 Å². The smallest absolute Gasteiger partial charge is 0.232 e. The molecule has 0 aliphatic heterocycles. The standard InChI is InChI=1S/C12H10Cl2N2O/c13-5-10-6-15-7-12(16-10)17-8-9-3-1-2-4-11(9)14/h1-4,6-7H,5,8H2. The first kappa shape index (κ1) is 12.1. The van der Waals surface area contributed by atoms with E-state index in [9.17, 15) is 0 Å². The normalized spacial score (nSPS) is 10.2. The molecule has 2 aromatic rings. The third kappa shape index (κ3) is 3.32. The van der Waals surface area contributed by atoms with E-state index in [1.807, 2.05) is 24.3 Å². The van der Waals surface area contributed by atoms with E-state index in [-0.39, 0.29) is 0 Å². The van der Waals surface area contributed by atoms with Crippen molar-refractivity contribution in [1.29, 1.82) is 0 Å². The quantitative estimate of drug-likeness (QED) is 0.797. The van der Waals surface area contributed by atoms with Crippen molar-refractivity contribution in [2.24, 2.45) is 0 Å². The Hall–Kier alpha value is -1.32. The van der Waals surface area contributed by atoms with Crippen LogP contribution in [-0.4, -0.2) is 9.97 Å². The molecular formula is C12H10Cl2N2O. The van der Waals surface area contributed by atoms with E-state index >= 15 is 0 Å². The Bertz CT molecular complexity index is 505. The van der Waals surface area contributed by atoms with E-state index in [2.05, 4.69) is 9.97 Å². The van der Waals surface area contributed by atoms with Crippen LogP contribution in [0.25, 0.3) is 0 Å². The second-order valence-electron chi connectivity index (χ2n) is 3.36. The number of halogens is 2. The van der Waals surface area contributed by atoms with E-state index in [1.54, 1.807) is 12.4 Å². The molecule has 0 unspecified atom stereocenters. The maximum atomic E-state index is 6.01. The maximum absolute atomic E-state index is 6.01. The summed E-state index contributed by atoms with van der Waals surface area (Å²) in [6, 6.07) is 7.51. The summed E-state index contributed by atoms with van der Waals surface area (Å²) >= 11 is 11.7. The number of nitrogens with zero attached hydrogens (tertiary/aromatic N) is 2.